The van der Waals surface area contributed by atoms with Crippen LogP contribution in [0.3, 0.4) is 0 Å². The highest BCUT2D eigenvalue weighted by molar-refractivity contribution is 5.94. The van der Waals surface area contributed by atoms with Crippen molar-refractivity contribution in [3.05, 3.63) is 71.7 Å². The highest BCUT2D eigenvalue weighted by Gasteiger charge is 2.22. The van der Waals surface area contributed by atoms with Crippen molar-refractivity contribution < 1.29 is 23.8 Å². The number of ether oxygens (including phenoxy) is 1. The number of carbonyl (C=O) groups excluding carboxylic acids is 2. The summed E-state index contributed by atoms with van der Waals surface area (Å²) in [6.45, 7) is 5.53. The zero-order valence-corrected chi connectivity index (χ0v) is 22.7. The number of aliphatic hydroxyl groups is 1. The third kappa shape index (κ3) is 7.36. The predicted molar refractivity (Wildman–Crippen MR) is 148 cm³/mol. The fourth-order valence-corrected chi connectivity index (χ4v) is 5.19. The molecule has 3 aromatic rings. The Morgan fingerprint density at radius 1 is 1.12 bits per heavy atom. The molecule has 1 aromatic carbocycles. The van der Waals surface area contributed by atoms with E-state index in [1.54, 1.807) is 25.4 Å². The van der Waals surface area contributed by atoms with Crippen LogP contribution in [0.1, 0.15) is 47.0 Å². The molecule has 1 saturated heterocycles. The number of benzene rings is 1. The quantitative estimate of drug-likeness (QED) is 0.349. The van der Waals surface area contributed by atoms with Gasteiger partial charge in [-0.05, 0) is 48.6 Å². The van der Waals surface area contributed by atoms with Crippen molar-refractivity contribution in [2.45, 2.75) is 51.5 Å². The molecule has 2 aromatic heterocycles. The largest absolute Gasteiger partial charge is 0.486 e. The fraction of sp³-hybridized carbons (Fsp3) is 0.448. The number of anilines is 1. The Morgan fingerprint density at radius 3 is 2.75 bits per heavy atom. The van der Waals surface area contributed by atoms with Gasteiger partial charge in [0.05, 0.1) is 23.6 Å². The van der Waals surface area contributed by atoms with Crippen molar-refractivity contribution in [1.29, 1.82) is 0 Å². The lowest BCUT2D eigenvalue weighted by Gasteiger charge is -2.32. The topological polar surface area (TPSA) is 133 Å². The summed E-state index contributed by atoms with van der Waals surface area (Å²) >= 11 is 0. The van der Waals surface area contributed by atoms with Crippen LogP contribution in [0.2, 0.25) is 0 Å². The summed E-state index contributed by atoms with van der Waals surface area (Å²) < 4.78 is 11.0. The number of nitrogens with one attached hydrogen (secondary N) is 2. The first-order valence-electron chi connectivity index (χ1n) is 13.7. The number of piperidine rings is 1. The first kappa shape index (κ1) is 27.6. The third-order valence-electron chi connectivity index (χ3n) is 7.41. The Balaban J connectivity index is 1.05. The van der Waals surface area contributed by atoms with Crippen LogP contribution in [0, 0.1) is 0 Å². The normalized spacial score (nSPS) is 16.7. The van der Waals surface area contributed by atoms with Crippen molar-refractivity contribution in [3.63, 3.8) is 0 Å². The number of amides is 2. The van der Waals surface area contributed by atoms with E-state index in [0.29, 0.717) is 24.5 Å². The van der Waals surface area contributed by atoms with Gasteiger partial charge in [-0.15, -0.1) is 0 Å². The van der Waals surface area contributed by atoms with E-state index >= 15 is 0 Å². The number of aromatic nitrogens is 2. The first-order valence-corrected chi connectivity index (χ1v) is 13.7. The summed E-state index contributed by atoms with van der Waals surface area (Å²) in [7, 11) is 0. The molecule has 2 aliphatic rings. The Labute approximate surface area is 233 Å². The number of aliphatic hydroxyl groups excluding tert-OH is 1. The molecule has 3 N–H and O–H groups in total. The highest BCUT2D eigenvalue weighted by atomic mass is 16.5. The maximum atomic E-state index is 12.8. The van der Waals surface area contributed by atoms with E-state index in [1.807, 2.05) is 11.0 Å². The molecule has 1 atom stereocenters. The number of likely N-dealkylation sites (tertiary alicyclic amines) is 1. The third-order valence-corrected chi connectivity index (χ3v) is 7.41. The van der Waals surface area contributed by atoms with E-state index in [9.17, 15) is 14.7 Å². The molecule has 5 rings (SSSR count). The van der Waals surface area contributed by atoms with Crippen LogP contribution in [0.25, 0.3) is 0 Å². The zero-order chi connectivity index (χ0) is 27.9. The number of hydrogen-bond donors (Lipinski definition) is 3. The molecule has 4 heterocycles. The number of carbonyl (C=O) groups is 2. The second kappa shape index (κ2) is 12.9. The van der Waals surface area contributed by atoms with Crippen LogP contribution in [0.4, 0.5) is 5.69 Å². The second-order valence-corrected chi connectivity index (χ2v) is 10.4. The molecular formula is C29H36N6O5. The van der Waals surface area contributed by atoms with E-state index < -0.39 is 6.10 Å². The lowest BCUT2D eigenvalue weighted by atomic mass is 9.99. The van der Waals surface area contributed by atoms with Gasteiger partial charge in [0, 0.05) is 64.6 Å². The monoisotopic (exact) mass is 548 g/mol. The fourth-order valence-electron chi connectivity index (χ4n) is 5.19. The van der Waals surface area contributed by atoms with Gasteiger partial charge < -0.3 is 29.8 Å². The number of pyridine rings is 1. The average molecular weight is 549 g/mol. The van der Waals surface area contributed by atoms with Gasteiger partial charge in [0.2, 0.25) is 5.91 Å². The van der Waals surface area contributed by atoms with Gasteiger partial charge in [0.15, 0.2) is 12.2 Å². The lowest BCUT2D eigenvalue weighted by molar-refractivity contribution is -0.129. The summed E-state index contributed by atoms with van der Waals surface area (Å²) in [5, 5.41) is 16.9. The molecule has 40 heavy (non-hydrogen) atoms. The van der Waals surface area contributed by atoms with Crippen molar-refractivity contribution >= 4 is 17.5 Å². The Bertz CT molecular complexity index is 1290. The molecule has 212 valence electrons. The summed E-state index contributed by atoms with van der Waals surface area (Å²) in [5.41, 5.74) is 3.65. The number of fused-ring (bicyclic) bond motifs is 1. The highest BCUT2D eigenvalue weighted by Crippen LogP contribution is 2.25. The maximum absolute atomic E-state index is 12.8. The van der Waals surface area contributed by atoms with Crippen molar-refractivity contribution in [2.75, 3.05) is 38.0 Å². The van der Waals surface area contributed by atoms with Crippen LogP contribution in [-0.2, 0) is 24.4 Å². The molecule has 2 amide bonds. The molecule has 2 aliphatic heterocycles. The SMILES string of the molecule is CC(=O)N1CCC(Nc2cncc(C(=O)NCC(O)CN3CCc4cc(OCc5cnco5)ccc4C3)c2)CC1. The van der Waals surface area contributed by atoms with E-state index in [-0.39, 0.29) is 24.4 Å². The summed E-state index contributed by atoms with van der Waals surface area (Å²) in [6.07, 6.45) is 8.10. The summed E-state index contributed by atoms with van der Waals surface area (Å²) in [5.74, 6) is 1.29. The molecule has 0 aliphatic carbocycles. The number of β-amino-alcohol motifs (C(OH)–C–C–N with tert-alkyl or cyclic N) is 1. The Kier molecular flexibility index (Phi) is 8.92. The van der Waals surface area contributed by atoms with Crippen LogP contribution in [-0.4, -0.2) is 81.6 Å². The molecule has 0 radical (unpaired) electrons. The zero-order valence-electron chi connectivity index (χ0n) is 22.7. The number of nitrogens with zero attached hydrogens (tertiary/aromatic N) is 4. The van der Waals surface area contributed by atoms with Gasteiger partial charge >= 0.3 is 0 Å². The second-order valence-electron chi connectivity index (χ2n) is 10.4. The minimum Gasteiger partial charge on any atom is -0.486 e. The van der Waals surface area contributed by atoms with E-state index in [0.717, 1.165) is 56.9 Å². The molecule has 0 bridgehead atoms. The minimum atomic E-state index is -0.698. The van der Waals surface area contributed by atoms with E-state index in [4.69, 9.17) is 9.15 Å². The van der Waals surface area contributed by atoms with Crippen LogP contribution in [0.5, 0.6) is 5.75 Å². The van der Waals surface area contributed by atoms with E-state index in [2.05, 4.69) is 37.6 Å². The van der Waals surface area contributed by atoms with Crippen molar-refractivity contribution in [1.82, 2.24) is 25.1 Å². The lowest BCUT2D eigenvalue weighted by Crippen LogP contribution is -2.42. The van der Waals surface area contributed by atoms with Gasteiger partial charge in [-0.25, -0.2) is 4.98 Å². The maximum Gasteiger partial charge on any atom is 0.253 e. The summed E-state index contributed by atoms with van der Waals surface area (Å²) in [6, 6.07) is 8.07. The van der Waals surface area contributed by atoms with Gasteiger partial charge in [0.1, 0.15) is 12.4 Å². The minimum absolute atomic E-state index is 0.103. The number of oxazole rings is 1. The molecule has 1 unspecified atom stereocenters. The molecule has 11 heteroatoms. The number of hydrogen-bond acceptors (Lipinski definition) is 9. The predicted octanol–water partition coefficient (Wildman–Crippen LogP) is 2.22. The van der Waals surface area contributed by atoms with E-state index in [1.165, 1.54) is 23.7 Å². The molecule has 0 saturated carbocycles. The molecule has 1 fully saturated rings. The van der Waals surface area contributed by atoms with Gasteiger partial charge in [-0.1, -0.05) is 6.07 Å². The number of rotatable bonds is 10. The van der Waals surface area contributed by atoms with Crippen LogP contribution in [0.15, 0.2) is 53.7 Å². The van der Waals surface area contributed by atoms with Crippen LogP contribution < -0.4 is 15.4 Å². The molecule has 0 spiro atoms. The Morgan fingerprint density at radius 2 is 1.98 bits per heavy atom. The summed E-state index contributed by atoms with van der Waals surface area (Å²) in [4.78, 5) is 36.4. The standard InChI is InChI=1S/C29H36N6O5/c1-20(36)35-8-5-24(6-9-35)33-25-10-23(12-30-13-25)29(38)32-14-26(37)17-34-7-4-21-11-27(3-2-22(21)16-34)39-18-28-15-31-19-40-28/h2-3,10-13,15,19,24,26,33,37H,4-9,14,16-18H2,1H3,(H,32,38). The smallest absolute Gasteiger partial charge is 0.253 e. The van der Waals surface area contributed by atoms with Gasteiger partial charge in [-0.3, -0.25) is 19.5 Å². The first-order chi connectivity index (χ1) is 19.4. The van der Waals surface area contributed by atoms with Crippen molar-refractivity contribution in [2.24, 2.45) is 0 Å². The average Bonchev–Trinajstić information content (AvgIpc) is 3.49. The van der Waals surface area contributed by atoms with Gasteiger partial charge in [-0.2, -0.15) is 0 Å². The molecule has 11 nitrogen and oxygen atoms in total. The van der Waals surface area contributed by atoms with Gasteiger partial charge in [0.25, 0.3) is 5.91 Å². The Hall–Kier alpha value is -3.96. The van der Waals surface area contributed by atoms with Crippen molar-refractivity contribution in [3.8, 4) is 5.75 Å². The van der Waals surface area contributed by atoms with Crippen LogP contribution >= 0.6 is 0 Å². The molecular weight excluding hydrogens is 512 g/mol.